The first-order valence-electron chi connectivity index (χ1n) is 6.88. The molecule has 0 saturated heterocycles. The quantitative estimate of drug-likeness (QED) is 0.575. The lowest BCUT2D eigenvalue weighted by Gasteiger charge is -1.92. The minimum absolute atomic E-state index is 0.184. The first-order valence-corrected chi connectivity index (χ1v) is 8.10. The number of aromatic amines is 2. The minimum Gasteiger partial charge on any atom is -0.323 e. The molecule has 0 saturated carbocycles. The van der Waals surface area contributed by atoms with Crippen molar-refractivity contribution in [2.45, 2.75) is 27.7 Å². The molecule has 2 aromatic rings. The largest absolute Gasteiger partial charge is 0.323 e. The molecular formula is C16H22N2OS2. The lowest BCUT2D eigenvalue weighted by Crippen LogP contribution is -2.07. The van der Waals surface area contributed by atoms with Gasteiger partial charge < -0.3 is 4.98 Å². The number of hydrogen-bond acceptors (Lipinski definition) is 3. The van der Waals surface area contributed by atoms with Gasteiger partial charge in [0.05, 0.1) is 5.39 Å². The van der Waals surface area contributed by atoms with E-state index in [0.29, 0.717) is 10.2 Å². The number of H-pyrrole nitrogens is 2. The Balaban J connectivity index is 0.000000921. The number of rotatable bonds is 3. The van der Waals surface area contributed by atoms with E-state index in [1.165, 1.54) is 11.3 Å². The maximum atomic E-state index is 11.9. The van der Waals surface area contributed by atoms with Gasteiger partial charge in [0, 0.05) is 10.4 Å². The van der Waals surface area contributed by atoms with Crippen LogP contribution in [0.4, 0.5) is 0 Å². The Morgan fingerprint density at radius 1 is 1.14 bits per heavy atom. The van der Waals surface area contributed by atoms with E-state index in [4.69, 9.17) is 12.2 Å². The molecule has 114 valence electrons. The van der Waals surface area contributed by atoms with Crippen molar-refractivity contribution in [2.24, 2.45) is 0 Å². The van der Waals surface area contributed by atoms with Gasteiger partial charge in [0.1, 0.15) is 4.83 Å². The van der Waals surface area contributed by atoms with Gasteiger partial charge in [-0.3, -0.25) is 9.78 Å². The van der Waals surface area contributed by atoms with Gasteiger partial charge in [-0.2, -0.15) is 0 Å². The predicted octanol–water partition coefficient (Wildman–Crippen LogP) is 5.54. The second-order valence-corrected chi connectivity index (χ2v) is 4.75. The lowest BCUT2D eigenvalue weighted by atomic mass is 10.1. The van der Waals surface area contributed by atoms with Gasteiger partial charge in [-0.15, -0.1) is 11.3 Å². The molecule has 0 radical (unpaired) electrons. The molecule has 2 rings (SSSR count). The van der Waals surface area contributed by atoms with Crippen molar-refractivity contribution in [1.29, 1.82) is 0 Å². The van der Waals surface area contributed by atoms with E-state index in [-0.39, 0.29) is 5.56 Å². The van der Waals surface area contributed by atoms with Gasteiger partial charge in [-0.25, -0.2) is 0 Å². The minimum atomic E-state index is -0.184. The van der Waals surface area contributed by atoms with E-state index in [2.05, 4.69) is 23.1 Å². The Labute approximate surface area is 134 Å². The summed E-state index contributed by atoms with van der Waals surface area (Å²) in [7, 11) is 0. The molecule has 3 nitrogen and oxygen atoms in total. The van der Waals surface area contributed by atoms with Gasteiger partial charge in [0.15, 0.2) is 4.77 Å². The van der Waals surface area contributed by atoms with Gasteiger partial charge in [0.25, 0.3) is 5.56 Å². The van der Waals surface area contributed by atoms with Crippen molar-refractivity contribution in [3.05, 3.63) is 50.9 Å². The maximum absolute atomic E-state index is 11.9. The van der Waals surface area contributed by atoms with Crippen LogP contribution in [0, 0.1) is 4.77 Å². The molecule has 2 N–H and O–H groups in total. The van der Waals surface area contributed by atoms with E-state index in [9.17, 15) is 4.79 Å². The Kier molecular flexibility index (Phi) is 9.25. The number of nitrogens with one attached hydrogen (secondary N) is 2. The molecule has 5 heteroatoms. The third kappa shape index (κ3) is 4.65. The fraction of sp³-hybridized carbons (Fsp3) is 0.250. The van der Waals surface area contributed by atoms with Gasteiger partial charge in [-0.1, -0.05) is 65.2 Å². The van der Waals surface area contributed by atoms with Crippen molar-refractivity contribution < 1.29 is 0 Å². The summed E-state index contributed by atoms with van der Waals surface area (Å²) in [5.74, 6) is 0. The molecular weight excluding hydrogens is 300 g/mol. The topological polar surface area (TPSA) is 48.6 Å². The van der Waals surface area contributed by atoms with Crippen LogP contribution in [0.15, 0.2) is 30.1 Å². The summed E-state index contributed by atoms with van der Waals surface area (Å²) < 4.78 is 0.332. The van der Waals surface area contributed by atoms with Gasteiger partial charge >= 0.3 is 0 Å². The number of aromatic nitrogens is 2. The smallest absolute Gasteiger partial charge is 0.261 e. The Morgan fingerprint density at radius 3 is 2.29 bits per heavy atom. The number of fused-ring (bicyclic) bond motifs is 1. The standard InChI is InChI=1S/C12H10N2OS2.2C2H6/c1-3-5-6-7-8(4-2)17-11-9(7)10(15)13-12(16)14-11;2*1-2/h3-6H,1-2H2,(H2,13,14,15,16);2*1-2H3/b6-5-;;. The molecule has 0 fully saturated rings. The molecule has 0 unspecified atom stereocenters. The maximum Gasteiger partial charge on any atom is 0.261 e. The van der Waals surface area contributed by atoms with Crippen LogP contribution < -0.4 is 5.56 Å². The monoisotopic (exact) mass is 322 g/mol. The molecule has 0 aliphatic rings. The summed E-state index contributed by atoms with van der Waals surface area (Å²) in [5.41, 5.74) is 0.657. The molecule has 0 aliphatic heterocycles. The summed E-state index contributed by atoms with van der Waals surface area (Å²) in [6.07, 6.45) is 7.02. The van der Waals surface area contributed by atoms with Crippen molar-refractivity contribution >= 4 is 45.9 Å². The second-order valence-electron chi connectivity index (χ2n) is 3.29. The van der Waals surface area contributed by atoms with Crippen LogP contribution in [0.2, 0.25) is 0 Å². The number of allylic oxidation sites excluding steroid dienone is 2. The Morgan fingerprint density at radius 2 is 1.76 bits per heavy atom. The third-order valence-electron chi connectivity index (χ3n) is 2.24. The SMILES string of the molecule is C=C/C=C\c1c(C=C)sc2[nH]c(=S)[nH]c(=O)c12.CC.CC. The highest BCUT2D eigenvalue weighted by Gasteiger charge is 2.11. The molecule has 0 amide bonds. The zero-order valence-corrected chi connectivity index (χ0v) is 14.6. The normalized spacial score (nSPS) is 9.52. The average molecular weight is 322 g/mol. The molecule has 2 heterocycles. The van der Waals surface area contributed by atoms with Crippen molar-refractivity contribution in [3.8, 4) is 0 Å². The first kappa shape index (κ1) is 19.3. The number of hydrogen-bond donors (Lipinski definition) is 2. The molecule has 21 heavy (non-hydrogen) atoms. The predicted molar refractivity (Wildman–Crippen MR) is 99.6 cm³/mol. The van der Waals surface area contributed by atoms with E-state index in [0.717, 1.165) is 15.3 Å². The van der Waals surface area contributed by atoms with Crippen LogP contribution in [0.1, 0.15) is 38.1 Å². The molecule has 0 bridgehead atoms. The first-order chi connectivity index (χ1) is 10.2. The van der Waals surface area contributed by atoms with Crippen LogP contribution in [0.25, 0.3) is 22.4 Å². The van der Waals surface area contributed by atoms with E-state index >= 15 is 0 Å². The van der Waals surface area contributed by atoms with Gasteiger partial charge in [0.2, 0.25) is 0 Å². The fourth-order valence-electron chi connectivity index (χ4n) is 1.56. The average Bonchev–Trinajstić information content (AvgIpc) is 2.87. The van der Waals surface area contributed by atoms with Crippen molar-refractivity contribution in [1.82, 2.24) is 9.97 Å². The highest BCUT2D eigenvalue weighted by molar-refractivity contribution is 7.71. The zero-order chi connectivity index (χ0) is 16.4. The molecule has 2 aromatic heterocycles. The Bertz CT molecular complexity index is 733. The summed E-state index contributed by atoms with van der Waals surface area (Å²) in [5, 5.41) is 0.608. The molecule has 0 aromatic carbocycles. The lowest BCUT2D eigenvalue weighted by molar-refractivity contribution is 1.15. The van der Waals surface area contributed by atoms with E-state index in [1.807, 2.05) is 33.8 Å². The highest BCUT2D eigenvalue weighted by atomic mass is 32.1. The summed E-state index contributed by atoms with van der Waals surface area (Å²) in [6.45, 7) is 15.4. The molecule has 0 spiro atoms. The highest BCUT2D eigenvalue weighted by Crippen LogP contribution is 2.29. The van der Waals surface area contributed by atoms with Crippen LogP contribution >= 0.6 is 23.6 Å². The van der Waals surface area contributed by atoms with Crippen LogP contribution in [-0.4, -0.2) is 9.97 Å². The second kappa shape index (κ2) is 10.1. The summed E-state index contributed by atoms with van der Waals surface area (Å²) in [6, 6.07) is 0. The van der Waals surface area contributed by atoms with Crippen LogP contribution in [0.3, 0.4) is 0 Å². The summed E-state index contributed by atoms with van der Waals surface area (Å²) >= 11 is 6.40. The fourth-order valence-corrected chi connectivity index (χ4v) is 2.86. The van der Waals surface area contributed by atoms with Crippen molar-refractivity contribution in [2.75, 3.05) is 0 Å². The molecule has 0 atom stereocenters. The third-order valence-corrected chi connectivity index (χ3v) is 3.56. The molecule has 0 aliphatic carbocycles. The van der Waals surface area contributed by atoms with E-state index in [1.54, 1.807) is 18.2 Å². The van der Waals surface area contributed by atoms with E-state index < -0.39 is 0 Å². The summed E-state index contributed by atoms with van der Waals surface area (Å²) in [4.78, 5) is 19.1. The van der Waals surface area contributed by atoms with Gasteiger partial charge in [-0.05, 0) is 12.2 Å². The number of thiophene rings is 1. The van der Waals surface area contributed by atoms with Crippen LogP contribution in [-0.2, 0) is 0 Å². The Hall–Kier alpha value is -1.72. The van der Waals surface area contributed by atoms with Crippen LogP contribution in [0.5, 0.6) is 0 Å². The zero-order valence-electron chi connectivity index (χ0n) is 12.9. The van der Waals surface area contributed by atoms with Crippen molar-refractivity contribution in [3.63, 3.8) is 0 Å².